The van der Waals surface area contributed by atoms with Crippen molar-refractivity contribution in [3.05, 3.63) is 35.4 Å². The second kappa shape index (κ2) is 7.93. The minimum atomic E-state index is -3.14. The largest absolute Gasteiger partial charge is 0.340 e. The summed E-state index contributed by atoms with van der Waals surface area (Å²) in [6.07, 6.45) is 2.23. The van der Waals surface area contributed by atoms with Crippen molar-refractivity contribution in [2.75, 3.05) is 31.9 Å². The Morgan fingerprint density at radius 3 is 2.09 bits per heavy atom. The molecule has 1 fully saturated rings. The Hall–Kier alpha value is -1.40. The van der Waals surface area contributed by atoms with E-state index in [1.165, 1.54) is 15.4 Å². The Morgan fingerprint density at radius 1 is 1.00 bits per heavy atom. The van der Waals surface area contributed by atoms with Gasteiger partial charge in [0.05, 0.1) is 5.75 Å². The molecule has 1 heterocycles. The number of amides is 1. The standard InChI is InChI=1S/C17H26N2O3S/c1-3-15-5-7-16(8-6-15)9-10-17(20)18-11-13-19(14-12-18)23(21,22)4-2/h5-8H,3-4,9-14H2,1-2H3. The Bertz CT molecular complexity index is 618. The SMILES string of the molecule is CCc1ccc(CCC(=O)N2CCN(S(=O)(=O)CC)CC2)cc1. The zero-order chi connectivity index (χ0) is 16.9. The van der Waals surface area contributed by atoms with Crippen LogP contribution >= 0.6 is 0 Å². The Balaban J connectivity index is 1.81. The van der Waals surface area contributed by atoms with Gasteiger partial charge in [-0.1, -0.05) is 31.2 Å². The normalized spacial score (nSPS) is 16.5. The van der Waals surface area contributed by atoms with E-state index in [-0.39, 0.29) is 11.7 Å². The fraction of sp³-hybridized carbons (Fsp3) is 0.588. The van der Waals surface area contributed by atoms with Crippen molar-refractivity contribution in [2.45, 2.75) is 33.1 Å². The van der Waals surface area contributed by atoms with Gasteiger partial charge in [-0.05, 0) is 30.9 Å². The van der Waals surface area contributed by atoms with Crippen molar-refractivity contribution < 1.29 is 13.2 Å². The van der Waals surface area contributed by atoms with Crippen molar-refractivity contribution in [2.24, 2.45) is 0 Å². The van der Waals surface area contributed by atoms with Gasteiger partial charge in [0.15, 0.2) is 0 Å². The molecule has 128 valence electrons. The predicted molar refractivity (Wildman–Crippen MR) is 91.8 cm³/mol. The summed E-state index contributed by atoms with van der Waals surface area (Å²) >= 11 is 0. The van der Waals surface area contributed by atoms with Crippen LogP contribution in [0.25, 0.3) is 0 Å². The van der Waals surface area contributed by atoms with Gasteiger partial charge in [-0.25, -0.2) is 8.42 Å². The summed E-state index contributed by atoms with van der Waals surface area (Å²) in [5.41, 5.74) is 2.47. The highest BCUT2D eigenvalue weighted by atomic mass is 32.2. The average Bonchev–Trinajstić information content (AvgIpc) is 2.60. The van der Waals surface area contributed by atoms with Crippen molar-refractivity contribution in [3.8, 4) is 0 Å². The smallest absolute Gasteiger partial charge is 0.222 e. The molecule has 0 saturated carbocycles. The third-order valence-electron chi connectivity index (χ3n) is 4.41. The Labute approximate surface area is 139 Å². The Morgan fingerprint density at radius 2 is 1.57 bits per heavy atom. The monoisotopic (exact) mass is 338 g/mol. The van der Waals surface area contributed by atoms with Gasteiger partial charge in [0, 0.05) is 32.6 Å². The molecule has 0 spiro atoms. The van der Waals surface area contributed by atoms with Gasteiger partial charge in [0.1, 0.15) is 0 Å². The molecule has 23 heavy (non-hydrogen) atoms. The van der Waals surface area contributed by atoms with Crippen LogP contribution in [-0.2, 0) is 27.7 Å². The Kier molecular flexibility index (Phi) is 6.18. The van der Waals surface area contributed by atoms with Crippen LogP contribution in [0, 0.1) is 0 Å². The highest BCUT2D eigenvalue weighted by molar-refractivity contribution is 7.89. The van der Waals surface area contributed by atoms with Crippen LogP contribution < -0.4 is 0 Å². The molecule has 0 N–H and O–H groups in total. The van der Waals surface area contributed by atoms with Crippen LogP contribution in [0.1, 0.15) is 31.4 Å². The molecule has 6 heteroatoms. The third kappa shape index (κ3) is 4.78. The van der Waals surface area contributed by atoms with E-state index in [2.05, 4.69) is 31.2 Å². The van der Waals surface area contributed by atoms with E-state index in [9.17, 15) is 13.2 Å². The summed E-state index contributed by atoms with van der Waals surface area (Å²) in [6, 6.07) is 8.37. The van der Waals surface area contributed by atoms with E-state index in [0.29, 0.717) is 32.6 Å². The first kappa shape index (κ1) is 17.9. The number of carbonyl (C=O) groups excluding carboxylic acids is 1. The number of benzene rings is 1. The number of nitrogens with zero attached hydrogens (tertiary/aromatic N) is 2. The van der Waals surface area contributed by atoms with Crippen LogP contribution in [0.3, 0.4) is 0 Å². The molecule has 1 aliphatic rings. The van der Waals surface area contributed by atoms with E-state index in [1.807, 2.05) is 0 Å². The highest BCUT2D eigenvalue weighted by Crippen LogP contribution is 2.12. The maximum absolute atomic E-state index is 12.3. The minimum absolute atomic E-state index is 0.109. The lowest BCUT2D eigenvalue weighted by Crippen LogP contribution is -2.50. The molecule has 0 radical (unpaired) electrons. The number of rotatable bonds is 6. The first-order valence-electron chi connectivity index (χ1n) is 8.29. The lowest BCUT2D eigenvalue weighted by Gasteiger charge is -2.33. The van der Waals surface area contributed by atoms with Crippen LogP contribution in [0.15, 0.2) is 24.3 Å². The highest BCUT2D eigenvalue weighted by Gasteiger charge is 2.27. The molecular formula is C17H26N2O3S. The van der Waals surface area contributed by atoms with E-state index in [1.54, 1.807) is 11.8 Å². The molecule has 0 aliphatic carbocycles. The average molecular weight is 338 g/mol. The summed E-state index contributed by atoms with van der Waals surface area (Å²) in [4.78, 5) is 14.1. The van der Waals surface area contributed by atoms with Crippen LogP contribution in [0.4, 0.5) is 0 Å². The molecule has 1 aromatic rings. The van der Waals surface area contributed by atoms with Crippen molar-refractivity contribution >= 4 is 15.9 Å². The zero-order valence-electron chi connectivity index (χ0n) is 14.0. The van der Waals surface area contributed by atoms with Crippen molar-refractivity contribution in [1.82, 2.24) is 9.21 Å². The van der Waals surface area contributed by atoms with Crippen LogP contribution in [0.5, 0.6) is 0 Å². The summed E-state index contributed by atoms with van der Waals surface area (Å²) in [6.45, 7) is 5.58. The lowest BCUT2D eigenvalue weighted by atomic mass is 10.1. The number of aryl methyl sites for hydroxylation is 2. The number of hydrogen-bond donors (Lipinski definition) is 0. The second-order valence-corrected chi connectivity index (χ2v) is 8.11. The molecule has 0 aromatic heterocycles. The number of carbonyl (C=O) groups is 1. The molecular weight excluding hydrogens is 312 g/mol. The van der Waals surface area contributed by atoms with Crippen molar-refractivity contribution in [3.63, 3.8) is 0 Å². The second-order valence-electron chi connectivity index (χ2n) is 5.85. The van der Waals surface area contributed by atoms with Crippen molar-refractivity contribution in [1.29, 1.82) is 0 Å². The molecule has 2 rings (SSSR count). The minimum Gasteiger partial charge on any atom is -0.340 e. The molecule has 0 atom stereocenters. The predicted octanol–water partition coefficient (Wildman–Crippen LogP) is 1.68. The third-order valence-corrected chi connectivity index (χ3v) is 6.29. The summed E-state index contributed by atoms with van der Waals surface area (Å²) < 4.78 is 25.1. The van der Waals surface area contributed by atoms with E-state index in [0.717, 1.165) is 12.8 Å². The van der Waals surface area contributed by atoms with Gasteiger partial charge < -0.3 is 4.90 Å². The van der Waals surface area contributed by atoms with E-state index < -0.39 is 10.0 Å². The van der Waals surface area contributed by atoms with E-state index in [4.69, 9.17) is 0 Å². The quantitative estimate of drug-likeness (QED) is 0.793. The molecule has 1 aromatic carbocycles. The zero-order valence-corrected chi connectivity index (χ0v) is 14.8. The first-order valence-corrected chi connectivity index (χ1v) is 9.90. The molecule has 1 aliphatic heterocycles. The maximum Gasteiger partial charge on any atom is 0.222 e. The molecule has 1 saturated heterocycles. The molecule has 0 bridgehead atoms. The fourth-order valence-electron chi connectivity index (χ4n) is 2.75. The van der Waals surface area contributed by atoms with E-state index >= 15 is 0 Å². The maximum atomic E-state index is 12.3. The number of piperazine rings is 1. The van der Waals surface area contributed by atoms with Crippen LogP contribution in [-0.4, -0.2) is 55.5 Å². The number of hydrogen-bond acceptors (Lipinski definition) is 3. The van der Waals surface area contributed by atoms with Gasteiger partial charge in [-0.3, -0.25) is 4.79 Å². The first-order chi connectivity index (χ1) is 11.0. The summed E-state index contributed by atoms with van der Waals surface area (Å²) in [5, 5.41) is 0. The molecule has 5 nitrogen and oxygen atoms in total. The molecule has 0 unspecified atom stereocenters. The van der Waals surface area contributed by atoms with Gasteiger partial charge in [-0.15, -0.1) is 0 Å². The summed E-state index contributed by atoms with van der Waals surface area (Å²) in [5.74, 6) is 0.229. The summed E-state index contributed by atoms with van der Waals surface area (Å²) in [7, 11) is -3.14. The fourth-order valence-corrected chi connectivity index (χ4v) is 3.83. The van der Waals surface area contributed by atoms with Gasteiger partial charge in [0.2, 0.25) is 15.9 Å². The van der Waals surface area contributed by atoms with Gasteiger partial charge in [0.25, 0.3) is 0 Å². The number of sulfonamides is 1. The molecule has 1 amide bonds. The van der Waals surface area contributed by atoms with Gasteiger partial charge >= 0.3 is 0 Å². The van der Waals surface area contributed by atoms with Crippen LogP contribution in [0.2, 0.25) is 0 Å². The van der Waals surface area contributed by atoms with Gasteiger partial charge in [-0.2, -0.15) is 4.31 Å². The lowest BCUT2D eigenvalue weighted by molar-refractivity contribution is -0.132. The topological polar surface area (TPSA) is 57.7 Å².